The van der Waals surface area contributed by atoms with Crippen LogP contribution >= 0.6 is 35.0 Å². The topological polar surface area (TPSA) is 34.1 Å². The van der Waals surface area contributed by atoms with Gasteiger partial charge >= 0.3 is 0 Å². The molecule has 14 heavy (non-hydrogen) atoms. The number of allylic oxidation sites excluding steroid dienone is 2. The predicted molar refractivity (Wildman–Crippen MR) is 55.5 cm³/mol. The van der Waals surface area contributed by atoms with Gasteiger partial charge in [0, 0.05) is 11.8 Å². The second-order valence-corrected chi connectivity index (χ2v) is 6.07. The summed E-state index contributed by atoms with van der Waals surface area (Å²) in [5, 5.41) is -0.563. The third kappa shape index (κ3) is 0.688. The SMILES string of the molecule is O=C1SC(=O)[C@]2(Cl)[C@H]3C=C[C@@H](C3)[C@@]12Cl. The molecule has 0 aromatic heterocycles. The summed E-state index contributed by atoms with van der Waals surface area (Å²) in [6, 6.07) is 0. The number of rotatable bonds is 0. The Morgan fingerprint density at radius 1 is 1.14 bits per heavy atom. The van der Waals surface area contributed by atoms with Crippen LogP contribution in [0.1, 0.15) is 6.42 Å². The number of thioether (sulfide) groups is 1. The highest BCUT2D eigenvalue weighted by molar-refractivity contribution is 8.27. The van der Waals surface area contributed by atoms with Gasteiger partial charge in [0.15, 0.2) is 0 Å². The summed E-state index contributed by atoms with van der Waals surface area (Å²) >= 11 is 13.2. The molecule has 3 rings (SSSR count). The van der Waals surface area contributed by atoms with E-state index in [4.69, 9.17) is 23.2 Å². The van der Waals surface area contributed by atoms with Crippen molar-refractivity contribution in [2.24, 2.45) is 11.8 Å². The second-order valence-electron chi connectivity index (χ2n) is 3.93. The maximum Gasteiger partial charge on any atom is 0.220 e. The van der Waals surface area contributed by atoms with Gasteiger partial charge in [-0.1, -0.05) is 12.2 Å². The first-order valence-electron chi connectivity index (χ1n) is 4.34. The zero-order chi connectivity index (χ0) is 10.1. The molecule has 2 fully saturated rings. The molecule has 1 saturated carbocycles. The minimum absolute atomic E-state index is 0.0712. The third-order valence-electron chi connectivity index (χ3n) is 3.41. The number of hydrogen-bond donors (Lipinski definition) is 0. The Morgan fingerprint density at radius 3 is 2.00 bits per heavy atom. The molecule has 0 aromatic carbocycles. The molecule has 0 unspecified atom stereocenters. The molecule has 5 heteroatoms. The fraction of sp³-hybridized carbons (Fsp3) is 0.556. The normalized spacial score (nSPS) is 54.4. The summed E-state index contributed by atoms with van der Waals surface area (Å²) in [7, 11) is 0. The molecule has 74 valence electrons. The third-order valence-corrected chi connectivity index (χ3v) is 6.25. The molecule has 0 aromatic rings. The van der Waals surface area contributed by atoms with Crippen LogP contribution in [-0.2, 0) is 9.59 Å². The summed E-state index contributed by atoms with van der Waals surface area (Å²) in [4.78, 5) is 21.0. The van der Waals surface area contributed by atoms with E-state index in [0.717, 1.165) is 6.42 Å². The lowest BCUT2D eigenvalue weighted by Gasteiger charge is -2.33. The van der Waals surface area contributed by atoms with Crippen molar-refractivity contribution in [3.8, 4) is 0 Å². The van der Waals surface area contributed by atoms with Crippen LogP contribution in [0.4, 0.5) is 0 Å². The first-order chi connectivity index (χ1) is 6.51. The Bertz CT molecular complexity index is 360. The quantitative estimate of drug-likeness (QED) is 0.486. The molecule has 0 spiro atoms. The van der Waals surface area contributed by atoms with Crippen LogP contribution in [0, 0.1) is 11.8 Å². The minimum atomic E-state index is -1.18. The van der Waals surface area contributed by atoms with E-state index in [2.05, 4.69) is 0 Å². The van der Waals surface area contributed by atoms with Crippen molar-refractivity contribution >= 4 is 45.2 Å². The highest BCUT2D eigenvalue weighted by Gasteiger charge is 2.76. The van der Waals surface area contributed by atoms with Crippen LogP contribution in [0.25, 0.3) is 0 Å². The van der Waals surface area contributed by atoms with Gasteiger partial charge in [-0.15, -0.1) is 23.2 Å². The van der Waals surface area contributed by atoms with Gasteiger partial charge in [0.2, 0.25) is 10.2 Å². The zero-order valence-corrected chi connectivity index (χ0v) is 9.33. The van der Waals surface area contributed by atoms with E-state index in [0.29, 0.717) is 11.8 Å². The Hall–Kier alpha value is 0.01000. The standard InChI is InChI=1S/C9H6Cl2O2S/c10-8-4-1-2-5(3-4)9(8,11)7(13)14-6(8)12/h1-2,4-5H,3H2/t4-,5-,8+,9+/m0/s1. The van der Waals surface area contributed by atoms with Gasteiger partial charge in [-0.05, 0) is 18.2 Å². The molecule has 1 aliphatic heterocycles. The van der Waals surface area contributed by atoms with E-state index in [-0.39, 0.29) is 22.1 Å². The summed E-state index contributed by atoms with van der Waals surface area (Å²) in [6.07, 6.45) is 4.55. The number of fused-ring (bicyclic) bond motifs is 5. The Kier molecular flexibility index (Phi) is 1.58. The molecule has 2 bridgehead atoms. The van der Waals surface area contributed by atoms with Gasteiger partial charge < -0.3 is 0 Å². The van der Waals surface area contributed by atoms with Crippen LogP contribution in [0.5, 0.6) is 0 Å². The lowest BCUT2D eigenvalue weighted by atomic mass is 9.83. The van der Waals surface area contributed by atoms with Crippen LogP contribution in [0.15, 0.2) is 12.2 Å². The Morgan fingerprint density at radius 2 is 1.57 bits per heavy atom. The van der Waals surface area contributed by atoms with Gasteiger partial charge in [-0.2, -0.15) is 0 Å². The van der Waals surface area contributed by atoms with Crippen LogP contribution in [0.2, 0.25) is 0 Å². The van der Waals surface area contributed by atoms with Crippen molar-refractivity contribution in [2.75, 3.05) is 0 Å². The molecular weight excluding hydrogens is 243 g/mol. The van der Waals surface area contributed by atoms with Gasteiger partial charge in [0.05, 0.1) is 0 Å². The Balaban J connectivity index is 2.26. The predicted octanol–water partition coefficient (Wildman–Crippen LogP) is 1.95. The first kappa shape index (κ1) is 9.25. The number of hydrogen-bond acceptors (Lipinski definition) is 3. The van der Waals surface area contributed by atoms with E-state index >= 15 is 0 Å². The molecule has 0 radical (unpaired) electrons. The number of carbonyl (C=O) groups is 2. The molecule has 4 atom stereocenters. The van der Waals surface area contributed by atoms with Crippen LogP contribution in [-0.4, -0.2) is 20.0 Å². The van der Waals surface area contributed by atoms with E-state index in [1.807, 2.05) is 12.2 Å². The van der Waals surface area contributed by atoms with Crippen LogP contribution < -0.4 is 0 Å². The average Bonchev–Trinajstić information content (AvgIpc) is 2.73. The number of alkyl halides is 2. The summed E-state index contributed by atoms with van der Waals surface area (Å²) in [5.74, 6) is -0.142. The van der Waals surface area contributed by atoms with Crippen molar-refractivity contribution in [1.29, 1.82) is 0 Å². The van der Waals surface area contributed by atoms with Gasteiger partial charge in [-0.25, -0.2) is 0 Å². The van der Waals surface area contributed by atoms with E-state index in [1.54, 1.807) is 0 Å². The molecule has 1 heterocycles. The molecule has 1 saturated heterocycles. The highest BCUT2D eigenvalue weighted by atomic mass is 35.5. The second kappa shape index (κ2) is 2.39. The molecule has 2 nitrogen and oxygen atoms in total. The van der Waals surface area contributed by atoms with Crippen molar-refractivity contribution in [3.63, 3.8) is 0 Å². The van der Waals surface area contributed by atoms with E-state index in [9.17, 15) is 9.59 Å². The highest BCUT2D eigenvalue weighted by Crippen LogP contribution is 2.66. The largest absolute Gasteiger partial charge is 0.285 e. The van der Waals surface area contributed by atoms with Gasteiger partial charge in [-0.3, -0.25) is 9.59 Å². The lowest BCUT2D eigenvalue weighted by Crippen LogP contribution is -2.51. The monoisotopic (exact) mass is 248 g/mol. The first-order valence-corrected chi connectivity index (χ1v) is 5.91. The minimum Gasteiger partial charge on any atom is -0.285 e. The summed E-state index contributed by atoms with van der Waals surface area (Å²) < 4.78 is 0. The average molecular weight is 249 g/mol. The summed E-state index contributed by atoms with van der Waals surface area (Å²) in [5.41, 5.74) is 0. The zero-order valence-electron chi connectivity index (χ0n) is 7.00. The molecular formula is C9H6Cl2O2S. The summed E-state index contributed by atoms with van der Waals surface area (Å²) in [6.45, 7) is 0. The molecule has 3 aliphatic rings. The molecule has 2 aliphatic carbocycles. The Labute approximate surface area is 95.0 Å². The smallest absolute Gasteiger partial charge is 0.220 e. The van der Waals surface area contributed by atoms with Gasteiger partial charge in [0.1, 0.15) is 9.75 Å². The van der Waals surface area contributed by atoms with Crippen LogP contribution in [0.3, 0.4) is 0 Å². The fourth-order valence-electron chi connectivity index (χ4n) is 2.66. The van der Waals surface area contributed by atoms with Crippen molar-refractivity contribution in [1.82, 2.24) is 0 Å². The van der Waals surface area contributed by atoms with Gasteiger partial charge in [0.25, 0.3) is 0 Å². The fourth-order valence-corrected chi connectivity index (χ4v) is 4.87. The van der Waals surface area contributed by atoms with E-state index in [1.165, 1.54) is 0 Å². The lowest BCUT2D eigenvalue weighted by molar-refractivity contribution is -0.117. The van der Waals surface area contributed by atoms with Crippen molar-refractivity contribution in [2.45, 2.75) is 16.2 Å². The number of carbonyl (C=O) groups excluding carboxylic acids is 2. The maximum absolute atomic E-state index is 11.7. The molecule has 0 N–H and O–H groups in total. The molecule has 0 amide bonds. The van der Waals surface area contributed by atoms with Crippen molar-refractivity contribution < 1.29 is 9.59 Å². The maximum atomic E-state index is 11.7. The number of halogens is 2. The van der Waals surface area contributed by atoms with E-state index < -0.39 is 9.75 Å². The van der Waals surface area contributed by atoms with Crippen molar-refractivity contribution in [3.05, 3.63) is 12.2 Å².